The van der Waals surface area contributed by atoms with Gasteiger partial charge in [0.25, 0.3) is 0 Å². The second-order valence-corrected chi connectivity index (χ2v) is 7.48. The van der Waals surface area contributed by atoms with Gasteiger partial charge < -0.3 is 5.32 Å². The van der Waals surface area contributed by atoms with E-state index in [0.717, 1.165) is 17.9 Å². The number of nitrogens with one attached hydrogen (secondary N) is 1. The van der Waals surface area contributed by atoms with Crippen molar-refractivity contribution in [3.05, 3.63) is 0 Å². The Morgan fingerprint density at radius 2 is 1.63 bits per heavy atom. The van der Waals surface area contributed by atoms with Crippen LogP contribution in [0.2, 0.25) is 0 Å². The zero-order valence-electron chi connectivity index (χ0n) is 14.1. The molecule has 1 unspecified atom stereocenters. The third-order valence-corrected chi connectivity index (χ3v) is 5.35. The standard InChI is InChI=1S/C18H37N/c1-6-13-19-17(14-15(7-2)8-3)16-9-11-18(4,5)12-10-16/h15-17,19H,6-14H2,1-5H3. The van der Waals surface area contributed by atoms with E-state index in [1.807, 2.05) is 0 Å². The lowest BCUT2D eigenvalue weighted by molar-refractivity contribution is 0.148. The van der Waals surface area contributed by atoms with Crippen LogP contribution in [0.1, 0.15) is 86.0 Å². The summed E-state index contributed by atoms with van der Waals surface area (Å²) in [7, 11) is 0. The van der Waals surface area contributed by atoms with Crippen molar-refractivity contribution >= 4 is 0 Å². The Morgan fingerprint density at radius 1 is 1.05 bits per heavy atom. The SMILES string of the molecule is CCCNC(CC(CC)CC)C1CCC(C)(C)CC1. The van der Waals surface area contributed by atoms with Gasteiger partial charge in [0.1, 0.15) is 0 Å². The lowest BCUT2D eigenvalue weighted by atomic mass is 9.70. The lowest BCUT2D eigenvalue weighted by Gasteiger charge is -2.39. The van der Waals surface area contributed by atoms with Crippen molar-refractivity contribution in [2.45, 2.75) is 92.0 Å². The van der Waals surface area contributed by atoms with Crippen LogP contribution in [0.25, 0.3) is 0 Å². The Morgan fingerprint density at radius 3 is 2.11 bits per heavy atom. The topological polar surface area (TPSA) is 12.0 Å². The van der Waals surface area contributed by atoms with Gasteiger partial charge in [-0.05, 0) is 62.3 Å². The fourth-order valence-corrected chi connectivity index (χ4v) is 3.58. The average molecular weight is 268 g/mol. The van der Waals surface area contributed by atoms with Crippen LogP contribution < -0.4 is 5.32 Å². The molecule has 1 saturated carbocycles. The Labute approximate surface area is 121 Å². The zero-order chi connectivity index (χ0) is 14.3. The first kappa shape index (κ1) is 17.0. The van der Waals surface area contributed by atoms with E-state index in [9.17, 15) is 0 Å². The maximum absolute atomic E-state index is 3.87. The van der Waals surface area contributed by atoms with Crippen LogP contribution >= 0.6 is 0 Å². The van der Waals surface area contributed by atoms with Crippen molar-refractivity contribution < 1.29 is 0 Å². The summed E-state index contributed by atoms with van der Waals surface area (Å²) in [4.78, 5) is 0. The Balaban J connectivity index is 2.53. The van der Waals surface area contributed by atoms with Crippen molar-refractivity contribution in [2.75, 3.05) is 6.54 Å². The minimum atomic E-state index is 0.598. The van der Waals surface area contributed by atoms with Crippen LogP contribution in [-0.2, 0) is 0 Å². The molecule has 1 rings (SSSR count). The predicted molar refractivity (Wildman–Crippen MR) is 86.5 cm³/mol. The molecule has 1 nitrogen and oxygen atoms in total. The molecule has 0 heterocycles. The summed E-state index contributed by atoms with van der Waals surface area (Å²) in [5.41, 5.74) is 0.598. The van der Waals surface area contributed by atoms with Crippen molar-refractivity contribution in [1.29, 1.82) is 0 Å². The summed E-state index contributed by atoms with van der Waals surface area (Å²) in [6.07, 6.45) is 11.1. The van der Waals surface area contributed by atoms with Gasteiger partial charge in [-0.1, -0.05) is 47.5 Å². The summed E-state index contributed by atoms with van der Waals surface area (Å²) in [5, 5.41) is 3.87. The maximum atomic E-state index is 3.87. The van der Waals surface area contributed by atoms with Crippen molar-refractivity contribution in [3.8, 4) is 0 Å². The molecular weight excluding hydrogens is 230 g/mol. The first-order valence-corrected chi connectivity index (χ1v) is 8.75. The summed E-state index contributed by atoms with van der Waals surface area (Å²) >= 11 is 0. The van der Waals surface area contributed by atoms with Gasteiger partial charge in [0.05, 0.1) is 0 Å². The molecule has 0 radical (unpaired) electrons. The highest BCUT2D eigenvalue weighted by molar-refractivity contribution is 4.86. The molecule has 1 atom stereocenters. The summed E-state index contributed by atoms with van der Waals surface area (Å²) in [6.45, 7) is 13.1. The molecule has 1 aliphatic carbocycles. The molecule has 1 heteroatoms. The average Bonchev–Trinajstić information content (AvgIpc) is 2.40. The van der Waals surface area contributed by atoms with Gasteiger partial charge in [0, 0.05) is 6.04 Å². The number of rotatable bonds is 8. The first-order valence-electron chi connectivity index (χ1n) is 8.75. The first-order chi connectivity index (χ1) is 9.02. The van der Waals surface area contributed by atoms with Crippen molar-refractivity contribution in [3.63, 3.8) is 0 Å². The van der Waals surface area contributed by atoms with E-state index in [1.54, 1.807) is 0 Å². The van der Waals surface area contributed by atoms with Gasteiger partial charge >= 0.3 is 0 Å². The molecular formula is C18H37N. The van der Waals surface area contributed by atoms with Gasteiger partial charge in [-0.2, -0.15) is 0 Å². The van der Waals surface area contributed by atoms with Crippen molar-refractivity contribution in [2.24, 2.45) is 17.3 Å². The van der Waals surface area contributed by atoms with E-state index >= 15 is 0 Å². The monoisotopic (exact) mass is 267 g/mol. The summed E-state index contributed by atoms with van der Waals surface area (Å²) < 4.78 is 0. The predicted octanol–water partition coefficient (Wildman–Crippen LogP) is 5.40. The minimum Gasteiger partial charge on any atom is -0.314 e. The largest absolute Gasteiger partial charge is 0.314 e. The maximum Gasteiger partial charge on any atom is 0.00979 e. The molecule has 1 aliphatic rings. The van der Waals surface area contributed by atoms with E-state index in [4.69, 9.17) is 0 Å². The Bertz CT molecular complexity index is 220. The second kappa shape index (κ2) is 8.29. The van der Waals surface area contributed by atoms with Crippen LogP contribution in [-0.4, -0.2) is 12.6 Å². The fraction of sp³-hybridized carbons (Fsp3) is 1.00. The second-order valence-electron chi connectivity index (χ2n) is 7.48. The van der Waals surface area contributed by atoms with Gasteiger partial charge in [0.15, 0.2) is 0 Å². The van der Waals surface area contributed by atoms with Crippen LogP contribution in [0.5, 0.6) is 0 Å². The fourth-order valence-electron chi connectivity index (χ4n) is 3.58. The van der Waals surface area contributed by atoms with E-state index < -0.39 is 0 Å². The van der Waals surface area contributed by atoms with E-state index in [2.05, 4.69) is 39.9 Å². The molecule has 0 spiro atoms. The molecule has 114 valence electrons. The summed E-state index contributed by atoms with van der Waals surface area (Å²) in [5.74, 6) is 1.85. The van der Waals surface area contributed by atoms with E-state index in [1.165, 1.54) is 57.9 Å². The Kier molecular flexibility index (Phi) is 7.42. The third-order valence-electron chi connectivity index (χ3n) is 5.35. The molecule has 19 heavy (non-hydrogen) atoms. The van der Waals surface area contributed by atoms with Gasteiger partial charge in [-0.3, -0.25) is 0 Å². The van der Waals surface area contributed by atoms with E-state index in [-0.39, 0.29) is 0 Å². The molecule has 0 aromatic carbocycles. The highest BCUT2D eigenvalue weighted by Gasteiger charge is 2.31. The third kappa shape index (κ3) is 5.85. The van der Waals surface area contributed by atoms with Crippen molar-refractivity contribution in [1.82, 2.24) is 5.32 Å². The molecule has 1 fully saturated rings. The molecule has 0 saturated heterocycles. The smallest absolute Gasteiger partial charge is 0.00979 e. The normalized spacial score (nSPS) is 21.8. The highest BCUT2D eigenvalue weighted by atomic mass is 14.9. The van der Waals surface area contributed by atoms with Crippen LogP contribution in [0, 0.1) is 17.3 Å². The van der Waals surface area contributed by atoms with Gasteiger partial charge in [0.2, 0.25) is 0 Å². The van der Waals surface area contributed by atoms with Crippen LogP contribution in [0.4, 0.5) is 0 Å². The van der Waals surface area contributed by atoms with Gasteiger partial charge in [-0.15, -0.1) is 0 Å². The van der Waals surface area contributed by atoms with Gasteiger partial charge in [-0.25, -0.2) is 0 Å². The molecule has 0 amide bonds. The molecule has 0 aromatic heterocycles. The zero-order valence-corrected chi connectivity index (χ0v) is 14.1. The van der Waals surface area contributed by atoms with E-state index in [0.29, 0.717) is 5.41 Å². The molecule has 0 aliphatic heterocycles. The van der Waals surface area contributed by atoms with Crippen LogP contribution in [0.3, 0.4) is 0 Å². The summed E-state index contributed by atoms with van der Waals surface area (Å²) in [6, 6.07) is 0.779. The lowest BCUT2D eigenvalue weighted by Crippen LogP contribution is -2.40. The quantitative estimate of drug-likeness (QED) is 0.621. The number of hydrogen-bond donors (Lipinski definition) is 1. The molecule has 1 N–H and O–H groups in total. The molecule has 0 bridgehead atoms. The molecule has 0 aromatic rings. The highest BCUT2D eigenvalue weighted by Crippen LogP contribution is 2.40. The van der Waals surface area contributed by atoms with Crippen LogP contribution in [0.15, 0.2) is 0 Å². The number of hydrogen-bond acceptors (Lipinski definition) is 1. The minimum absolute atomic E-state index is 0.598. The Hall–Kier alpha value is -0.0400.